The first-order valence-corrected chi connectivity index (χ1v) is 6.23. The Balaban J connectivity index is 3.16. The number of rotatable bonds is 3. The summed E-state index contributed by atoms with van der Waals surface area (Å²) in [5, 5.41) is 0.645. The minimum Gasteiger partial charge on any atom is -0.347 e. The molecule has 0 unspecified atom stereocenters. The summed E-state index contributed by atoms with van der Waals surface area (Å²) in [6.45, 7) is 10.8. The molecule has 4 heteroatoms. The lowest BCUT2D eigenvalue weighted by atomic mass is 10.1. The molecule has 1 rings (SSSR count). The summed E-state index contributed by atoms with van der Waals surface area (Å²) in [4.78, 5) is 6.48. The van der Waals surface area contributed by atoms with Gasteiger partial charge in [-0.3, -0.25) is 0 Å². The molecule has 0 aromatic carbocycles. The van der Waals surface area contributed by atoms with Crippen LogP contribution in [0.25, 0.3) is 0 Å². The van der Waals surface area contributed by atoms with Gasteiger partial charge < -0.3 is 4.90 Å². The molecule has 0 fully saturated rings. The Morgan fingerprint density at radius 1 is 1.56 bits per heavy atom. The maximum absolute atomic E-state index is 6.20. The number of hydrogen-bond donors (Lipinski definition) is 0. The number of pyridine rings is 1. The molecular formula is C12H16BrClN2. The van der Waals surface area contributed by atoms with Crippen LogP contribution < -0.4 is 4.90 Å². The molecule has 0 N–H and O–H groups in total. The highest BCUT2D eigenvalue weighted by Gasteiger charge is 2.23. The summed E-state index contributed by atoms with van der Waals surface area (Å²) in [5.41, 5.74) is -0.0430. The Morgan fingerprint density at radius 2 is 2.19 bits per heavy atom. The van der Waals surface area contributed by atoms with E-state index in [0.717, 1.165) is 16.8 Å². The minimum absolute atomic E-state index is 0.0430. The predicted octanol–water partition coefficient (Wildman–Crippen LogP) is 4.29. The third-order valence-electron chi connectivity index (χ3n) is 2.17. The van der Waals surface area contributed by atoms with Crippen molar-refractivity contribution in [3.8, 4) is 0 Å². The minimum atomic E-state index is -0.0430. The molecule has 0 aliphatic heterocycles. The SMILES string of the molecule is C=CCN(c1ncc(Br)cc1Cl)C(C)(C)C. The zero-order valence-electron chi connectivity index (χ0n) is 9.80. The predicted molar refractivity (Wildman–Crippen MR) is 74.2 cm³/mol. The first-order valence-electron chi connectivity index (χ1n) is 5.06. The number of hydrogen-bond acceptors (Lipinski definition) is 2. The largest absolute Gasteiger partial charge is 0.347 e. The molecule has 0 saturated heterocycles. The molecule has 88 valence electrons. The van der Waals surface area contributed by atoms with Crippen LogP contribution in [-0.4, -0.2) is 17.1 Å². The van der Waals surface area contributed by atoms with Crippen LogP contribution in [0.15, 0.2) is 29.4 Å². The van der Waals surface area contributed by atoms with Gasteiger partial charge in [-0.2, -0.15) is 0 Å². The molecule has 0 radical (unpaired) electrons. The van der Waals surface area contributed by atoms with Crippen molar-refractivity contribution < 1.29 is 0 Å². The number of aromatic nitrogens is 1. The Hall–Kier alpha value is -0.540. The van der Waals surface area contributed by atoms with Crippen LogP contribution in [0.5, 0.6) is 0 Å². The summed E-state index contributed by atoms with van der Waals surface area (Å²) in [6.07, 6.45) is 3.61. The van der Waals surface area contributed by atoms with E-state index in [-0.39, 0.29) is 5.54 Å². The summed E-state index contributed by atoms with van der Waals surface area (Å²) >= 11 is 9.55. The smallest absolute Gasteiger partial charge is 0.148 e. The monoisotopic (exact) mass is 302 g/mol. The van der Waals surface area contributed by atoms with Gasteiger partial charge in [0.15, 0.2) is 0 Å². The molecule has 0 bridgehead atoms. The van der Waals surface area contributed by atoms with Gasteiger partial charge in [0.25, 0.3) is 0 Å². The Kier molecular flexibility index (Phi) is 4.39. The standard InChI is InChI=1S/C12H16BrClN2/c1-5-6-16(12(2,3)4)11-10(14)7-9(13)8-15-11/h5,7-8H,1,6H2,2-4H3. The van der Waals surface area contributed by atoms with Gasteiger partial charge in [0.05, 0.1) is 5.02 Å². The van der Waals surface area contributed by atoms with E-state index in [1.807, 2.05) is 12.1 Å². The van der Waals surface area contributed by atoms with Crippen LogP contribution in [-0.2, 0) is 0 Å². The average molecular weight is 304 g/mol. The van der Waals surface area contributed by atoms with Crippen LogP contribution in [0, 0.1) is 0 Å². The maximum atomic E-state index is 6.20. The molecule has 16 heavy (non-hydrogen) atoms. The Morgan fingerprint density at radius 3 is 2.62 bits per heavy atom. The zero-order chi connectivity index (χ0) is 12.3. The van der Waals surface area contributed by atoms with E-state index in [0.29, 0.717) is 5.02 Å². The second-order valence-electron chi connectivity index (χ2n) is 4.53. The fraction of sp³-hybridized carbons (Fsp3) is 0.417. The first kappa shape index (κ1) is 13.5. The van der Waals surface area contributed by atoms with Gasteiger partial charge >= 0.3 is 0 Å². The highest BCUT2D eigenvalue weighted by molar-refractivity contribution is 9.10. The van der Waals surface area contributed by atoms with Crippen LogP contribution >= 0.6 is 27.5 Å². The van der Waals surface area contributed by atoms with Crippen molar-refractivity contribution in [3.05, 3.63) is 34.4 Å². The molecule has 0 amide bonds. The second kappa shape index (κ2) is 5.19. The van der Waals surface area contributed by atoms with Crippen molar-refractivity contribution in [2.24, 2.45) is 0 Å². The lowest BCUT2D eigenvalue weighted by molar-refractivity contribution is 0.517. The number of anilines is 1. The van der Waals surface area contributed by atoms with Crippen molar-refractivity contribution in [2.75, 3.05) is 11.4 Å². The van der Waals surface area contributed by atoms with E-state index in [4.69, 9.17) is 11.6 Å². The summed E-state index contributed by atoms with van der Waals surface area (Å²) in [6, 6.07) is 1.85. The van der Waals surface area contributed by atoms with E-state index in [1.165, 1.54) is 0 Å². The maximum Gasteiger partial charge on any atom is 0.148 e. The summed E-state index contributed by atoms with van der Waals surface area (Å²) in [5.74, 6) is 0.789. The van der Waals surface area contributed by atoms with Gasteiger partial charge in [-0.25, -0.2) is 4.98 Å². The van der Waals surface area contributed by atoms with E-state index < -0.39 is 0 Å². The molecule has 2 nitrogen and oxygen atoms in total. The van der Waals surface area contributed by atoms with Crippen LogP contribution in [0.1, 0.15) is 20.8 Å². The fourth-order valence-corrected chi connectivity index (χ4v) is 2.14. The van der Waals surface area contributed by atoms with Crippen molar-refractivity contribution in [1.82, 2.24) is 4.98 Å². The quantitative estimate of drug-likeness (QED) is 0.774. The van der Waals surface area contributed by atoms with Crippen LogP contribution in [0.2, 0.25) is 5.02 Å². The number of nitrogens with zero attached hydrogens (tertiary/aromatic N) is 2. The van der Waals surface area contributed by atoms with Gasteiger partial charge in [-0.1, -0.05) is 17.7 Å². The van der Waals surface area contributed by atoms with Gasteiger partial charge in [0.2, 0.25) is 0 Å². The van der Waals surface area contributed by atoms with E-state index in [2.05, 4.69) is 53.2 Å². The molecule has 0 atom stereocenters. The van der Waals surface area contributed by atoms with Crippen LogP contribution in [0.4, 0.5) is 5.82 Å². The summed E-state index contributed by atoms with van der Waals surface area (Å²) < 4.78 is 0.883. The lowest BCUT2D eigenvalue weighted by Crippen LogP contribution is -2.42. The molecule has 0 aliphatic carbocycles. The summed E-state index contributed by atoms with van der Waals surface area (Å²) in [7, 11) is 0. The molecule has 1 aromatic heterocycles. The van der Waals surface area contributed by atoms with E-state index in [1.54, 1.807) is 6.20 Å². The molecular weight excluding hydrogens is 288 g/mol. The highest BCUT2D eigenvalue weighted by atomic mass is 79.9. The van der Waals surface area contributed by atoms with Gasteiger partial charge in [-0.15, -0.1) is 6.58 Å². The third-order valence-corrected chi connectivity index (χ3v) is 2.88. The van der Waals surface area contributed by atoms with Crippen molar-refractivity contribution in [1.29, 1.82) is 0 Å². The molecule has 0 spiro atoms. The molecule has 1 aromatic rings. The van der Waals surface area contributed by atoms with Crippen molar-refractivity contribution in [2.45, 2.75) is 26.3 Å². The molecule has 0 saturated carbocycles. The van der Waals surface area contributed by atoms with Crippen molar-refractivity contribution >= 4 is 33.3 Å². The highest BCUT2D eigenvalue weighted by Crippen LogP contribution is 2.30. The second-order valence-corrected chi connectivity index (χ2v) is 5.85. The van der Waals surface area contributed by atoms with Gasteiger partial charge in [0, 0.05) is 22.8 Å². The molecule has 0 aliphatic rings. The molecule has 1 heterocycles. The Bertz CT molecular complexity index is 385. The topological polar surface area (TPSA) is 16.1 Å². The lowest BCUT2D eigenvalue weighted by Gasteiger charge is -2.36. The number of halogens is 2. The Labute approximate surface area is 110 Å². The average Bonchev–Trinajstić information content (AvgIpc) is 2.13. The third kappa shape index (κ3) is 3.22. The van der Waals surface area contributed by atoms with Crippen LogP contribution in [0.3, 0.4) is 0 Å². The zero-order valence-corrected chi connectivity index (χ0v) is 12.1. The normalized spacial score (nSPS) is 11.3. The van der Waals surface area contributed by atoms with Gasteiger partial charge in [0.1, 0.15) is 5.82 Å². The fourth-order valence-electron chi connectivity index (χ4n) is 1.41. The first-order chi connectivity index (χ1) is 7.36. The van der Waals surface area contributed by atoms with Gasteiger partial charge in [-0.05, 0) is 42.8 Å². The van der Waals surface area contributed by atoms with Crippen molar-refractivity contribution in [3.63, 3.8) is 0 Å². The van der Waals surface area contributed by atoms with E-state index in [9.17, 15) is 0 Å². The van der Waals surface area contributed by atoms with E-state index >= 15 is 0 Å².